The molecule has 0 saturated carbocycles. The number of rotatable bonds is 4. The summed E-state index contributed by atoms with van der Waals surface area (Å²) in [5.41, 5.74) is 0.450. The van der Waals surface area contributed by atoms with E-state index in [-0.39, 0.29) is 5.91 Å². The van der Waals surface area contributed by atoms with E-state index in [9.17, 15) is 4.79 Å². The van der Waals surface area contributed by atoms with Gasteiger partial charge >= 0.3 is 0 Å². The molecule has 0 aliphatic rings. The van der Waals surface area contributed by atoms with Crippen LogP contribution >= 0.6 is 15.9 Å². The highest BCUT2D eigenvalue weighted by Gasteiger charge is 2.12. The van der Waals surface area contributed by atoms with Crippen LogP contribution in [0.1, 0.15) is 30.1 Å². The summed E-state index contributed by atoms with van der Waals surface area (Å²) in [6.45, 7) is 1.97. The molecule has 1 aromatic rings. The van der Waals surface area contributed by atoms with Crippen LogP contribution in [0.15, 0.2) is 22.9 Å². The molecule has 1 rings (SSSR count). The number of aromatic nitrogens is 1. The molecule has 1 heterocycles. The van der Waals surface area contributed by atoms with Crippen molar-refractivity contribution in [2.24, 2.45) is 0 Å². The van der Waals surface area contributed by atoms with Gasteiger partial charge in [0.05, 0.1) is 11.6 Å². The average molecular weight is 282 g/mol. The SMILES string of the molecule is CCCC(C#N)NC(=O)c1cncc(Br)c1. The Morgan fingerprint density at radius 2 is 2.44 bits per heavy atom. The molecule has 84 valence electrons. The third-order valence-corrected chi connectivity index (χ3v) is 2.44. The number of pyridine rings is 1. The van der Waals surface area contributed by atoms with Gasteiger partial charge in [0.2, 0.25) is 0 Å². The Hall–Kier alpha value is -1.41. The van der Waals surface area contributed by atoms with Gasteiger partial charge in [0, 0.05) is 16.9 Å². The van der Waals surface area contributed by atoms with Crippen molar-refractivity contribution in [1.29, 1.82) is 5.26 Å². The number of nitrogens with zero attached hydrogens (tertiary/aromatic N) is 2. The van der Waals surface area contributed by atoms with Crippen LogP contribution in [0.5, 0.6) is 0 Å². The van der Waals surface area contributed by atoms with Gasteiger partial charge < -0.3 is 5.32 Å². The molecule has 0 aromatic carbocycles. The number of carbonyl (C=O) groups is 1. The van der Waals surface area contributed by atoms with Gasteiger partial charge in [0.15, 0.2) is 0 Å². The van der Waals surface area contributed by atoms with Crippen LogP contribution in [0.4, 0.5) is 0 Å². The number of nitriles is 1. The average Bonchev–Trinajstić information content (AvgIpc) is 2.28. The third-order valence-electron chi connectivity index (χ3n) is 2.01. The van der Waals surface area contributed by atoms with Crippen LogP contribution in [0, 0.1) is 11.3 Å². The molecule has 16 heavy (non-hydrogen) atoms. The normalized spacial score (nSPS) is 11.6. The fourth-order valence-corrected chi connectivity index (χ4v) is 1.60. The number of nitrogens with one attached hydrogen (secondary N) is 1. The number of amides is 1. The number of hydrogen-bond donors (Lipinski definition) is 1. The fourth-order valence-electron chi connectivity index (χ4n) is 1.24. The highest BCUT2D eigenvalue weighted by atomic mass is 79.9. The zero-order chi connectivity index (χ0) is 12.0. The lowest BCUT2D eigenvalue weighted by atomic mass is 10.1. The van der Waals surface area contributed by atoms with Gasteiger partial charge in [-0.3, -0.25) is 9.78 Å². The van der Waals surface area contributed by atoms with E-state index in [1.165, 1.54) is 6.20 Å². The second-order valence-corrected chi connectivity index (χ2v) is 4.25. The first-order chi connectivity index (χ1) is 7.67. The van der Waals surface area contributed by atoms with Crippen LogP contribution < -0.4 is 5.32 Å². The topological polar surface area (TPSA) is 65.8 Å². The maximum atomic E-state index is 11.7. The van der Waals surface area contributed by atoms with Gasteiger partial charge in [0.1, 0.15) is 6.04 Å². The highest BCUT2D eigenvalue weighted by Crippen LogP contribution is 2.09. The van der Waals surface area contributed by atoms with Crippen molar-refractivity contribution in [2.45, 2.75) is 25.8 Å². The zero-order valence-corrected chi connectivity index (χ0v) is 10.5. The summed E-state index contributed by atoms with van der Waals surface area (Å²) in [6, 6.07) is 3.29. The molecule has 0 spiro atoms. The Labute approximate surface area is 103 Å². The van der Waals surface area contributed by atoms with E-state index in [1.807, 2.05) is 6.92 Å². The van der Waals surface area contributed by atoms with Crippen molar-refractivity contribution in [3.05, 3.63) is 28.5 Å². The van der Waals surface area contributed by atoms with E-state index >= 15 is 0 Å². The van der Waals surface area contributed by atoms with Gasteiger partial charge in [-0.25, -0.2) is 0 Å². The summed E-state index contributed by atoms with van der Waals surface area (Å²) in [4.78, 5) is 15.6. The number of carbonyl (C=O) groups excluding carboxylic acids is 1. The standard InChI is InChI=1S/C11H12BrN3O/c1-2-3-10(5-13)15-11(16)8-4-9(12)7-14-6-8/h4,6-7,10H,2-3H2,1H3,(H,15,16). The summed E-state index contributed by atoms with van der Waals surface area (Å²) in [7, 11) is 0. The summed E-state index contributed by atoms with van der Waals surface area (Å²) in [5, 5.41) is 11.5. The summed E-state index contributed by atoms with van der Waals surface area (Å²) in [6.07, 6.45) is 4.59. The van der Waals surface area contributed by atoms with E-state index in [0.717, 1.165) is 10.9 Å². The monoisotopic (exact) mass is 281 g/mol. The largest absolute Gasteiger partial charge is 0.336 e. The first kappa shape index (κ1) is 12.7. The molecule has 1 atom stereocenters. The Morgan fingerprint density at radius 3 is 3.00 bits per heavy atom. The number of hydrogen-bond acceptors (Lipinski definition) is 3. The molecule has 0 saturated heterocycles. The van der Waals surface area contributed by atoms with E-state index in [0.29, 0.717) is 12.0 Å². The maximum Gasteiger partial charge on any atom is 0.253 e. The van der Waals surface area contributed by atoms with E-state index in [4.69, 9.17) is 5.26 Å². The van der Waals surface area contributed by atoms with Crippen molar-refractivity contribution < 1.29 is 4.79 Å². The molecule has 1 unspecified atom stereocenters. The highest BCUT2D eigenvalue weighted by molar-refractivity contribution is 9.10. The van der Waals surface area contributed by atoms with Crippen molar-refractivity contribution >= 4 is 21.8 Å². The van der Waals surface area contributed by atoms with Gasteiger partial charge in [-0.2, -0.15) is 5.26 Å². The summed E-state index contributed by atoms with van der Waals surface area (Å²) in [5.74, 6) is -0.270. The molecule has 1 aromatic heterocycles. The fraction of sp³-hybridized carbons (Fsp3) is 0.364. The van der Waals surface area contributed by atoms with E-state index in [1.54, 1.807) is 12.3 Å². The minimum atomic E-state index is -0.434. The molecule has 0 aliphatic heterocycles. The predicted octanol–water partition coefficient (Wildman–Crippen LogP) is 2.27. The lowest BCUT2D eigenvalue weighted by Crippen LogP contribution is -2.33. The Balaban J connectivity index is 2.69. The number of halogens is 1. The molecular weight excluding hydrogens is 270 g/mol. The van der Waals surface area contributed by atoms with Crippen LogP contribution in [0.25, 0.3) is 0 Å². The molecule has 0 fully saturated rings. The molecule has 5 heteroatoms. The quantitative estimate of drug-likeness (QED) is 0.921. The lowest BCUT2D eigenvalue weighted by Gasteiger charge is -2.10. The summed E-state index contributed by atoms with van der Waals surface area (Å²) < 4.78 is 0.740. The first-order valence-corrected chi connectivity index (χ1v) is 5.77. The van der Waals surface area contributed by atoms with Crippen LogP contribution in [-0.2, 0) is 0 Å². The van der Waals surface area contributed by atoms with Crippen LogP contribution in [0.2, 0.25) is 0 Å². The Kier molecular flexibility index (Phi) is 4.93. The molecule has 1 N–H and O–H groups in total. The van der Waals surface area contributed by atoms with Crippen LogP contribution in [0.3, 0.4) is 0 Å². The zero-order valence-electron chi connectivity index (χ0n) is 8.90. The second kappa shape index (κ2) is 6.23. The third kappa shape index (κ3) is 3.63. The van der Waals surface area contributed by atoms with Gasteiger partial charge in [-0.15, -0.1) is 0 Å². The first-order valence-electron chi connectivity index (χ1n) is 4.98. The van der Waals surface area contributed by atoms with E-state index in [2.05, 4.69) is 32.3 Å². The van der Waals surface area contributed by atoms with Crippen LogP contribution in [-0.4, -0.2) is 16.9 Å². The summed E-state index contributed by atoms with van der Waals surface area (Å²) >= 11 is 3.24. The predicted molar refractivity (Wildman–Crippen MR) is 63.7 cm³/mol. The lowest BCUT2D eigenvalue weighted by molar-refractivity contribution is 0.0943. The Bertz CT molecular complexity index is 414. The molecule has 0 bridgehead atoms. The minimum Gasteiger partial charge on any atom is -0.336 e. The second-order valence-electron chi connectivity index (χ2n) is 3.34. The minimum absolute atomic E-state index is 0.270. The maximum absolute atomic E-state index is 11.7. The van der Waals surface area contributed by atoms with Gasteiger partial charge in [-0.05, 0) is 28.4 Å². The van der Waals surface area contributed by atoms with Gasteiger partial charge in [-0.1, -0.05) is 13.3 Å². The molecule has 4 nitrogen and oxygen atoms in total. The molecule has 0 radical (unpaired) electrons. The molecule has 0 aliphatic carbocycles. The molecule has 1 amide bonds. The smallest absolute Gasteiger partial charge is 0.253 e. The molecular formula is C11H12BrN3O. The van der Waals surface area contributed by atoms with Crippen molar-refractivity contribution in [2.75, 3.05) is 0 Å². The van der Waals surface area contributed by atoms with E-state index < -0.39 is 6.04 Å². The van der Waals surface area contributed by atoms with Crippen molar-refractivity contribution in [1.82, 2.24) is 10.3 Å². The Morgan fingerprint density at radius 1 is 1.69 bits per heavy atom. The van der Waals surface area contributed by atoms with Gasteiger partial charge in [0.25, 0.3) is 5.91 Å². The van der Waals surface area contributed by atoms with Crippen molar-refractivity contribution in [3.8, 4) is 6.07 Å². The van der Waals surface area contributed by atoms with Crippen molar-refractivity contribution in [3.63, 3.8) is 0 Å².